The van der Waals surface area contributed by atoms with Gasteiger partial charge in [-0.3, -0.25) is 4.79 Å². The summed E-state index contributed by atoms with van der Waals surface area (Å²) in [5.41, 5.74) is -0.306. The van der Waals surface area contributed by atoms with Crippen molar-refractivity contribution < 1.29 is 19.8 Å². The van der Waals surface area contributed by atoms with Crippen molar-refractivity contribution in [2.45, 2.75) is 19.4 Å². The maximum absolute atomic E-state index is 11.1. The van der Waals surface area contributed by atoms with Crippen LogP contribution in [0, 0.1) is 0 Å². The van der Waals surface area contributed by atoms with Gasteiger partial charge in [0.05, 0.1) is 17.7 Å². The summed E-state index contributed by atoms with van der Waals surface area (Å²) < 4.78 is 0. The Balaban J connectivity index is 3.15. The molecule has 5 heteroatoms. The van der Waals surface area contributed by atoms with Crippen molar-refractivity contribution in [1.29, 1.82) is 0 Å². The van der Waals surface area contributed by atoms with Gasteiger partial charge in [-0.15, -0.1) is 0 Å². The molecule has 0 aliphatic carbocycles. The van der Waals surface area contributed by atoms with Gasteiger partial charge in [0.1, 0.15) is 0 Å². The number of carboxylic acids is 1. The summed E-state index contributed by atoms with van der Waals surface area (Å²) >= 11 is 0. The maximum Gasteiger partial charge on any atom is 0.335 e. The highest BCUT2D eigenvalue weighted by molar-refractivity contribution is 5.87. The van der Waals surface area contributed by atoms with E-state index in [2.05, 4.69) is 5.32 Å². The molecule has 5 nitrogen and oxygen atoms in total. The summed E-state index contributed by atoms with van der Waals surface area (Å²) in [7, 11) is 0. The number of carbonyl (C=O) groups is 2. The Hall–Kier alpha value is -1.88. The van der Waals surface area contributed by atoms with Crippen molar-refractivity contribution in [3.8, 4) is 0 Å². The van der Waals surface area contributed by atoms with Crippen molar-refractivity contribution in [3.63, 3.8) is 0 Å². The van der Waals surface area contributed by atoms with E-state index < -0.39 is 11.5 Å². The molecule has 0 fully saturated rings. The van der Waals surface area contributed by atoms with Crippen LogP contribution in [-0.4, -0.2) is 28.7 Å². The van der Waals surface area contributed by atoms with Crippen LogP contribution in [0.25, 0.3) is 0 Å². The molecule has 0 saturated heterocycles. The molecular weight excluding hydrogens is 222 g/mol. The van der Waals surface area contributed by atoms with Crippen LogP contribution in [0.1, 0.15) is 29.8 Å². The summed E-state index contributed by atoms with van der Waals surface area (Å²) in [4.78, 5) is 21.9. The van der Waals surface area contributed by atoms with Crippen LogP contribution in [0.15, 0.2) is 24.3 Å². The summed E-state index contributed by atoms with van der Waals surface area (Å²) in [6.45, 7) is 2.67. The van der Waals surface area contributed by atoms with Crippen LogP contribution in [0.4, 0.5) is 0 Å². The lowest BCUT2D eigenvalue weighted by Gasteiger charge is -2.29. The van der Waals surface area contributed by atoms with Gasteiger partial charge in [0.2, 0.25) is 5.91 Å². The van der Waals surface area contributed by atoms with E-state index in [0.717, 1.165) is 0 Å². The minimum Gasteiger partial charge on any atom is -0.478 e. The number of benzene rings is 1. The number of carboxylic acid groups (broad SMARTS) is 1. The van der Waals surface area contributed by atoms with Gasteiger partial charge in [0.15, 0.2) is 0 Å². The third-order valence-electron chi connectivity index (χ3n) is 2.51. The third-order valence-corrected chi connectivity index (χ3v) is 2.51. The Morgan fingerprint density at radius 2 is 2.06 bits per heavy atom. The Labute approximate surface area is 99.1 Å². The number of carbonyl (C=O) groups excluding carboxylic acids is 1. The molecule has 92 valence electrons. The summed E-state index contributed by atoms with van der Waals surface area (Å²) in [6.07, 6.45) is 0. The van der Waals surface area contributed by atoms with Crippen LogP contribution in [0.5, 0.6) is 0 Å². The van der Waals surface area contributed by atoms with Crippen LogP contribution in [-0.2, 0) is 10.3 Å². The minimum atomic E-state index is -1.05. The van der Waals surface area contributed by atoms with E-state index in [1.807, 2.05) is 0 Å². The molecule has 0 bridgehead atoms. The average molecular weight is 237 g/mol. The van der Waals surface area contributed by atoms with E-state index in [4.69, 9.17) is 5.11 Å². The quantitative estimate of drug-likeness (QED) is 0.720. The Morgan fingerprint density at radius 1 is 1.41 bits per heavy atom. The number of hydrogen-bond donors (Lipinski definition) is 3. The molecule has 1 aromatic rings. The van der Waals surface area contributed by atoms with Gasteiger partial charge in [-0.2, -0.15) is 0 Å². The van der Waals surface area contributed by atoms with Crippen molar-refractivity contribution in [1.82, 2.24) is 5.32 Å². The number of hydrogen-bond acceptors (Lipinski definition) is 3. The van der Waals surface area contributed by atoms with Crippen LogP contribution < -0.4 is 5.32 Å². The second-order valence-electron chi connectivity index (χ2n) is 4.06. The normalized spacial score (nSPS) is 13.8. The van der Waals surface area contributed by atoms with Gasteiger partial charge in [-0.05, 0) is 24.6 Å². The Kier molecular flexibility index (Phi) is 3.85. The van der Waals surface area contributed by atoms with Gasteiger partial charge in [0.25, 0.3) is 0 Å². The molecule has 1 unspecified atom stereocenters. The van der Waals surface area contributed by atoms with E-state index in [0.29, 0.717) is 5.56 Å². The number of nitrogens with one attached hydrogen (secondary N) is 1. The fourth-order valence-corrected chi connectivity index (χ4v) is 1.59. The van der Waals surface area contributed by atoms with E-state index in [9.17, 15) is 14.7 Å². The lowest BCUT2D eigenvalue weighted by Crippen LogP contribution is -2.45. The number of rotatable bonds is 4. The van der Waals surface area contributed by atoms with Gasteiger partial charge in [-0.25, -0.2) is 4.79 Å². The lowest BCUT2D eigenvalue weighted by atomic mass is 9.91. The highest BCUT2D eigenvalue weighted by atomic mass is 16.4. The molecule has 1 amide bonds. The minimum absolute atomic E-state index is 0.118. The molecule has 0 radical (unpaired) electrons. The first-order valence-corrected chi connectivity index (χ1v) is 5.12. The SMILES string of the molecule is CC(=O)NC(C)(CO)c1cccc(C(=O)O)c1. The smallest absolute Gasteiger partial charge is 0.335 e. The zero-order valence-electron chi connectivity index (χ0n) is 9.73. The highest BCUT2D eigenvalue weighted by Crippen LogP contribution is 2.21. The summed E-state index contributed by atoms with van der Waals surface area (Å²) in [5, 5.41) is 20.8. The fourth-order valence-electron chi connectivity index (χ4n) is 1.59. The molecule has 17 heavy (non-hydrogen) atoms. The van der Waals surface area contributed by atoms with Crippen molar-refractivity contribution in [3.05, 3.63) is 35.4 Å². The monoisotopic (exact) mass is 237 g/mol. The Bertz CT molecular complexity index is 444. The van der Waals surface area contributed by atoms with Crippen LogP contribution >= 0.6 is 0 Å². The van der Waals surface area contributed by atoms with E-state index >= 15 is 0 Å². The molecule has 0 heterocycles. The molecule has 0 saturated carbocycles. The largest absolute Gasteiger partial charge is 0.478 e. The fraction of sp³-hybridized carbons (Fsp3) is 0.333. The highest BCUT2D eigenvalue weighted by Gasteiger charge is 2.27. The van der Waals surface area contributed by atoms with Gasteiger partial charge < -0.3 is 15.5 Å². The van der Waals surface area contributed by atoms with Crippen LogP contribution in [0.2, 0.25) is 0 Å². The van der Waals surface area contributed by atoms with Crippen molar-refractivity contribution in [2.75, 3.05) is 6.61 Å². The summed E-state index contributed by atoms with van der Waals surface area (Å²) in [6, 6.07) is 6.14. The predicted molar refractivity (Wildman–Crippen MR) is 61.7 cm³/mol. The van der Waals surface area contributed by atoms with E-state index in [-0.39, 0.29) is 18.1 Å². The first-order chi connectivity index (χ1) is 7.89. The second-order valence-corrected chi connectivity index (χ2v) is 4.06. The molecule has 0 aliphatic heterocycles. The molecule has 1 aromatic carbocycles. The van der Waals surface area contributed by atoms with Gasteiger partial charge >= 0.3 is 5.97 Å². The zero-order valence-corrected chi connectivity index (χ0v) is 9.73. The van der Waals surface area contributed by atoms with Gasteiger partial charge in [-0.1, -0.05) is 12.1 Å². The Morgan fingerprint density at radius 3 is 2.53 bits per heavy atom. The molecular formula is C12H15NO4. The number of amides is 1. The first kappa shape index (κ1) is 13.2. The third kappa shape index (κ3) is 3.04. The second kappa shape index (κ2) is 4.97. The van der Waals surface area contributed by atoms with Crippen LogP contribution in [0.3, 0.4) is 0 Å². The number of aliphatic hydroxyl groups is 1. The molecule has 3 N–H and O–H groups in total. The predicted octanol–water partition coefficient (Wildman–Crippen LogP) is 0.728. The molecule has 1 rings (SSSR count). The van der Waals surface area contributed by atoms with E-state index in [1.165, 1.54) is 19.1 Å². The molecule has 1 atom stereocenters. The molecule has 0 aliphatic rings. The zero-order chi connectivity index (χ0) is 13.1. The van der Waals surface area contributed by atoms with Gasteiger partial charge in [0, 0.05) is 6.92 Å². The standard InChI is InChI=1S/C12H15NO4/c1-8(15)13-12(2,7-14)10-5-3-4-9(6-10)11(16)17/h3-6,14H,7H2,1-2H3,(H,13,15)(H,16,17). The molecule has 0 spiro atoms. The first-order valence-electron chi connectivity index (χ1n) is 5.12. The summed E-state index contributed by atoms with van der Waals surface area (Å²) in [5.74, 6) is -1.34. The lowest BCUT2D eigenvalue weighted by molar-refractivity contribution is -0.121. The topological polar surface area (TPSA) is 86.6 Å². The average Bonchev–Trinajstić information content (AvgIpc) is 2.28. The number of aromatic carboxylic acids is 1. The van der Waals surface area contributed by atoms with E-state index in [1.54, 1.807) is 19.1 Å². The van der Waals surface area contributed by atoms with Crippen molar-refractivity contribution >= 4 is 11.9 Å². The van der Waals surface area contributed by atoms with Crippen molar-refractivity contribution in [2.24, 2.45) is 0 Å². The number of aliphatic hydroxyl groups excluding tert-OH is 1. The maximum atomic E-state index is 11.1. The molecule has 0 aromatic heterocycles.